The SMILES string of the molecule is CCOc1cc(N2CCN(CC3CC3)CC2)c(N)cc1F. The molecule has 1 aliphatic heterocycles. The highest BCUT2D eigenvalue weighted by Crippen LogP contribution is 2.33. The molecule has 0 bridgehead atoms. The lowest BCUT2D eigenvalue weighted by Crippen LogP contribution is -2.47. The highest BCUT2D eigenvalue weighted by atomic mass is 19.1. The summed E-state index contributed by atoms with van der Waals surface area (Å²) in [6.45, 7) is 7.52. The van der Waals surface area contributed by atoms with Crippen LogP contribution >= 0.6 is 0 Å². The van der Waals surface area contributed by atoms with E-state index in [-0.39, 0.29) is 5.82 Å². The minimum atomic E-state index is -0.384. The molecule has 2 fully saturated rings. The monoisotopic (exact) mass is 293 g/mol. The van der Waals surface area contributed by atoms with Crippen molar-refractivity contribution < 1.29 is 9.13 Å². The molecule has 21 heavy (non-hydrogen) atoms. The molecule has 116 valence electrons. The van der Waals surface area contributed by atoms with Crippen LogP contribution in [0.15, 0.2) is 12.1 Å². The van der Waals surface area contributed by atoms with E-state index in [1.54, 1.807) is 6.07 Å². The van der Waals surface area contributed by atoms with Gasteiger partial charge in [0.25, 0.3) is 0 Å². The van der Waals surface area contributed by atoms with Crippen LogP contribution < -0.4 is 15.4 Å². The van der Waals surface area contributed by atoms with Gasteiger partial charge in [0.05, 0.1) is 18.0 Å². The van der Waals surface area contributed by atoms with Gasteiger partial charge in [-0.15, -0.1) is 0 Å². The third-order valence-electron chi connectivity index (χ3n) is 4.31. The zero-order valence-corrected chi connectivity index (χ0v) is 12.6. The molecule has 2 aliphatic rings. The van der Waals surface area contributed by atoms with E-state index in [2.05, 4.69) is 9.80 Å². The van der Waals surface area contributed by atoms with Gasteiger partial charge in [-0.25, -0.2) is 4.39 Å². The number of piperazine rings is 1. The molecule has 0 unspecified atom stereocenters. The Bertz CT molecular complexity index is 497. The summed E-state index contributed by atoms with van der Waals surface area (Å²) < 4.78 is 19.1. The van der Waals surface area contributed by atoms with Gasteiger partial charge in [-0.1, -0.05) is 0 Å². The van der Waals surface area contributed by atoms with Crippen molar-refractivity contribution in [1.82, 2.24) is 4.90 Å². The van der Waals surface area contributed by atoms with E-state index in [1.165, 1.54) is 25.5 Å². The molecular formula is C16H24FN3O. The summed E-state index contributed by atoms with van der Waals surface area (Å²) in [6, 6.07) is 3.11. The zero-order chi connectivity index (χ0) is 14.8. The lowest BCUT2D eigenvalue weighted by molar-refractivity contribution is 0.248. The van der Waals surface area contributed by atoms with Crippen LogP contribution in [0.4, 0.5) is 15.8 Å². The molecular weight excluding hydrogens is 269 g/mol. The maximum Gasteiger partial charge on any atom is 0.167 e. The lowest BCUT2D eigenvalue weighted by atomic mass is 10.2. The molecule has 1 aliphatic carbocycles. The van der Waals surface area contributed by atoms with Crippen LogP contribution in [0.1, 0.15) is 19.8 Å². The quantitative estimate of drug-likeness (QED) is 0.846. The van der Waals surface area contributed by atoms with Crippen molar-refractivity contribution in [1.29, 1.82) is 0 Å². The number of anilines is 2. The summed E-state index contributed by atoms with van der Waals surface area (Å²) in [5.74, 6) is 0.838. The third kappa shape index (κ3) is 3.40. The van der Waals surface area contributed by atoms with E-state index in [9.17, 15) is 4.39 Å². The third-order valence-corrected chi connectivity index (χ3v) is 4.31. The first-order valence-corrected chi connectivity index (χ1v) is 7.86. The van der Waals surface area contributed by atoms with E-state index >= 15 is 0 Å². The number of ether oxygens (including phenoxy) is 1. The summed E-state index contributed by atoms with van der Waals surface area (Å²) in [7, 11) is 0. The highest BCUT2D eigenvalue weighted by molar-refractivity contribution is 5.70. The Hall–Kier alpha value is -1.49. The molecule has 1 heterocycles. The van der Waals surface area contributed by atoms with Crippen LogP contribution in [0, 0.1) is 11.7 Å². The van der Waals surface area contributed by atoms with Gasteiger partial charge < -0.3 is 15.4 Å². The van der Waals surface area contributed by atoms with E-state index in [4.69, 9.17) is 10.5 Å². The standard InChI is InChI=1S/C16H24FN3O/c1-2-21-16-10-15(14(18)9-13(16)17)20-7-5-19(6-8-20)11-12-3-4-12/h9-10,12H,2-8,11,18H2,1H3. The number of benzene rings is 1. The summed E-state index contributed by atoms with van der Waals surface area (Å²) in [4.78, 5) is 4.76. The predicted octanol–water partition coefficient (Wildman–Crippen LogP) is 2.34. The van der Waals surface area contributed by atoms with Crippen molar-refractivity contribution in [2.24, 2.45) is 5.92 Å². The Morgan fingerprint density at radius 1 is 1.24 bits per heavy atom. The molecule has 0 radical (unpaired) electrons. The summed E-state index contributed by atoms with van der Waals surface area (Å²) in [5, 5.41) is 0. The Kier molecular flexibility index (Phi) is 4.19. The summed E-state index contributed by atoms with van der Waals surface area (Å²) in [6.07, 6.45) is 2.78. The van der Waals surface area contributed by atoms with Crippen molar-refractivity contribution in [2.45, 2.75) is 19.8 Å². The molecule has 0 aromatic heterocycles. The maximum absolute atomic E-state index is 13.8. The van der Waals surface area contributed by atoms with E-state index in [0.717, 1.165) is 37.8 Å². The van der Waals surface area contributed by atoms with Crippen LogP contribution in [-0.4, -0.2) is 44.2 Å². The number of nitrogen functional groups attached to an aromatic ring is 1. The van der Waals surface area contributed by atoms with Gasteiger partial charge in [-0.2, -0.15) is 0 Å². The summed E-state index contributed by atoms with van der Waals surface area (Å²) >= 11 is 0. The van der Waals surface area contributed by atoms with Crippen molar-refractivity contribution in [3.63, 3.8) is 0 Å². The number of hydrogen-bond acceptors (Lipinski definition) is 4. The molecule has 0 atom stereocenters. The summed E-state index contributed by atoms with van der Waals surface area (Å²) in [5.41, 5.74) is 7.38. The Morgan fingerprint density at radius 2 is 1.95 bits per heavy atom. The molecule has 4 nitrogen and oxygen atoms in total. The van der Waals surface area contributed by atoms with E-state index in [0.29, 0.717) is 18.0 Å². The fourth-order valence-electron chi connectivity index (χ4n) is 2.93. The topological polar surface area (TPSA) is 41.7 Å². The molecule has 5 heteroatoms. The second-order valence-electron chi connectivity index (χ2n) is 6.01. The molecule has 1 aromatic rings. The fraction of sp³-hybridized carbons (Fsp3) is 0.625. The maximum atomic E-state index is 13.8. The second-order valence-corrected chi connectivity index (χ2v) is 6.01. The van der Waals surface area contributed by atoms with Crippen molar-refractivity contribution in [3.05, 3.63) is 17.9 Å². The van der Waals surface area contributed by atoms with Gasteiger partial charge >= 0.3 is 0 Å². The molecule has 0 amide bonds. The first-order chi connectivity index (χ1) is 10.2. The molecule has 1 saturated carbocycles. The van der Waals surface area contributed by atoms with Crippen LogP contribution in [0.3, 0.4) is 0 Å². The van der Waals surface area contributed by atoms with Gasteiger partial charge in [-0.3, -0.25) is 4.90 Å². The number of rotatable bonds is 5. The number of hydrogen-bond donors (Lipinski definition) is 1. The van der Waals surface area contributed by atoms with Gasteiger partial charge in [0.2, 0.25) is 0 Å². The molecule has 1 saturated heterocycles. The van der Waals surface area contributed by atoms with Crippen molar-refractivity contribution in [2.75, 3.05) is 50.0 Å². The highest BCUT2D eigenvalue weighted by Gasteiger charge is 2.27. The van der Waals surface area contributed by atoms with Gasteiger partial charge in [-0.05, 0) is 25.7 Å². The Morgan fingerprint density at radius 3 is 2.57 bits per heavy atom. The van der Waals surface area contributed by atoms with Gasteiger partial charge in [0, 0.05) is 44.9 Å². The van der Waals surface area contributed by atoms with Crippen molar-refractivity contribution >= 4 is 11.4 Å². The van der Waals surface area contributed by atoms with Gasteiger partial charge in [0.1, 0.15) is 0 Å². The van der Waals surface area contributed by atoms with Crippen LogP contribution in [0.2, 0.25) is 0 Å². The predicted molar refractivity (Wildman–Crippen MR) is 83.4 cm³/mol. The first kappa shape index (κ1) is 14.4. The number of nitrogens with zero attached hydrogens (tertiary/aromatic N) is 2. The zero-order valence-electron chi connectivity index (χ0n) is 12.6. The second kappa shape index (κ2) is 6.10. The fourth-order valence-corrected chi connectivity index (χ4v) is 2.93. The first-order valence-electron chi connectivity index (χ1n) is 7.86. The largest absolute Gasteiger partial charge is 0.491 e. The van der Waals surface area contributed by atoms with Gasteiger partial charge in [0.15, 0.2) is 11.6 Å². The minimum absolute atomic E-state index is 0.294. The molecule has 0 spiro atoms. The van der Waals surface area contributed by atoms with E-state index in [1.807, 2.05) is 6.92 Å². The average molecular weight is 293 g/mol. The smallest absolute Gasteiger partial charge is 0.167 e. The normalized spacial score (nSPS) is 19.8. The Balaban J connectivity index is 1.67. The van der Waals surface area contributed by atoms with Crippen LogP contribution in [-0.2, 0) is 0 Å². The van der Waals surface area contributed by atoms with Crippen LogP contribution in [0.5, 0.6) is 5.75 Å². The van der Waals surface area contributed by atoms with Crippen LogP contribution in [0.25, 0.3) is 0 Å². The lowest BCUT2D eigenvalue weighted by Gasteiger charge is -2.36. The average Bonchev–Trinajstić information content (AvgIpc) is 3.27. The molecule has 1 aromatic carbocycles. The molecule has 3 rings (SSSR count). The Labute approximate surface area is 125 Å². The number of halogens is 1. The number of nitrogens with two attached hydrogens (primary N) is 1. The molecule has 2 N–H and O–H groups in total. The van der Waals surface area contributed by atoms with Crippen molar-refractivity contribution in [3.8, 4) is 5.75 Å². The minimum Gasteiger partial charge on any atom is -0.491 e. The van der Waals surface area contributed by atoms with E-state index < -0.39 is 0 Å².